The second-order valence-corrected chi connectivity index (χ2v) is 33.9. The SMILES string of the molecule is Cc1ccc(F)cc1C(=O)NCc1ccc(-c2nn(C(C)C3CCCOC3)c(N)c2C(N)=O)cc1.Cc1ccc(F)cc1C(=O)NCc1ccc(-c2nn(C(C)N3CCCC3)c(N)c2C(N)=O)cc1.Cc1ccc(F)cc1C(=O)NCc1ccc(-c2nn(C(C)c3cccnc3)c(N)c2C(N)=O)cc1.Cc1ccc(F)cc1C(=O)NCc1ccc(-c2nn(C3C=CCC3(F)F)c(N)c2C(N)=O)cc1. The number of likely N-dealkylation sites (tertiary alicyclic amines) is 1. The highest BCUT2D eigenvalue weighted by molar-refractivity contribution is 6.06. The molecule has 716 valence electrons. The lowest BCUT2D eigenvalue weighted by molar-refractivity contribution is -0.0252. The molecule has 138 heavy (non-hydrogen) atoms. The standard InChI is InChI=1S/C26H25FN6O2.C26H30FN5O3.C25H29FN6O2.C24H22F3N5O2/c1-15-5-10-20(27)12-21(15)26(35)31-13-17-6-8-18(9-7-17)23-22(25(29)34)24(28)33(32-23)16(2)19-4-3-11-30-14-19;1-15-5-10-20(27)12-21(15)26(34)30-13-17-6-8-18(9-7-17)23-22(25(29)33)24(28)32(31-23)16(2)19-4-3-11-35-14-19;1-15-5-10-19(26)13-20(15)25(34)29-14-17-6-8-18(9-7-17)22-21(24(28)33)23(27)32(30-22)16(2)31-11-3-4-12-31;1-13-4-9-16(25)11-17(13)23(34)30-12-14-5-7-15(8-6-14)20-19(22(29)33)21(28)32(31-20)18-3-2-10-24(18,26)27/h3-12,14,16H,13,28H2,1-2H3,(H2,29,34)(H,31,35);5-10,12,16,19H,3-4,11,13-14,28H2,1-2H3,(H2,29,33)(H,30,34);5-10,13,16H,3-4,11-12,14,27H2,1-2H3,(H2,28,33)(H,29,34);2-9,11,18H,10,12,28H2,1H3,(H2,29,33)(H,30,34). The van der Waals surface area contributed by atoms with Crippen LogP contribution >= 0.6 is 0 Å². The number of hydrogen-bond acceptors (Lipinski definition) is 19. The first-order valence-corrected chi connectivity index (χ1v) is 44.4. The number of alkyl halides is 2. The molecule has 7 heterocycles. The molecule has 5 unspecified atom stereocenters. The van der Waals surface area contributed by atoms with Gasteiger partial charge in [-0.15, -0.1) is 0 Å². The van der Waals surface area contributed by atoms with E-state index in [0.29, 0.717) is 84.9 Å². The van der Waals surface area contributed by atoms with Crippen molar-refractivity contribution in [1.29, 1.82) is 0 Å². The zero-order chi connectivity index (χ0) is 99.2. The summed E-state index contributed by atoms with van der Waals surface area (Å²) in [7, 11) is 0. The highest BCUT2D eigenvalue weighted by Gasteiger charge is 2.44. The third kappa shape index (κ3) is 22.9. The number of nitrogens with zero attached hydrogens (tertiary/aromatic N) is 10. The number of ether oxygens (including phenoxy) is 1. The van der Waals surface area contributed by atoms with Crippen LogP contribution in [0.4, 0.5) is 49.6 Å². The van der Waals surface area contributed by atoms with Crippen LogP contribution in [0, 0.1) is 56.9 Å². The maximum Gasteiger partial charge on any atom is 0.277 e. The fourth-order valence-corrected chi connectivity index (χ4v) is 16.5. The lowest BCUT2D eigenvalue weighted by Crippen LogP contribution is -2.29. The molecular weight excluding hydrogens is 1780 g/mol. The van der Waals surface area contributed by atoms with E-state index in [2.05, 4.69) is 51.5 Å². The minimum Gasteiger partial charge on any atom is -0.383 e. The smallest absolute Gasteiger partial charge is 0.277 e. The number of aryl methyl sites for hydroxylation is 4. The highest BCUT2D eigenvalue weighted by Crippen LogP contribution is 2.43. The maximum absolute atomic E-state index is 14.2. The Balaban J connectivity index is 0.000000155. The predicted molar refractivity (Wildman–Crippen MR) is 511 cm³/mol. The Bertz CT molecular complexity index is 6730. The summed E-state index contributed by atoms with van der Waals surface area (Å²) in [5.41, 5.74) is 59.4. The van der Waals surface area contributed by atoms with Crippen molar-refractivity contribution in [2.24, 2.45) is 28.9 Å². The van der Waals surface area contributed by atoms with Crippen LogP contribution in [0.1, 0.15) is 210 Å². The van der Waals surface area contributed by atoms with Gasteiger partial charge in [0.1, 0.15) is 104 Å². The van der Waals surface area contributed by atoms with E-state index < -0.39 is 71.2 Å². The number of anilines is 4. The number of benzene rings is 8. The van der Waals surface area contributed by atoms with Crippen LogP contribution in [0.15, 0.2) is 207 Å². The Labute approximate surface area is 790 Å². The lowest BCUT2D eigenvalue weighted by Gasteiger charge is -2.28. The number of pyridine rings is 1. The lowest BCUT2D eigenvalue weighted by atomic mass is 9.95. The number of carbonyl (C=O) groups is 8. The van der Waals surface area contributed by atoms with E-state index >= 15 is 0 Å². The number of hydrogen-bond donors (Lipinski definition) is 12. The van der Waals surface area contributed by atoms with Gasteiger partial charge in [0.05, 0.1) is 18.7 Å². The minimum absolute atomic E-state index is 0.0529. The maximum atomic E-state index is 14.2. The topological polar surface area (TPSA) is 489 Å². The van der Waals surface area contributed by atoms with E-state index in [9.17, 15) is 64.7 Å². The molecule has 0 spiro atoms. The molecule has 13 aromatic rings. The zero-order valence-corrected chi connectivity index (χ0v) is 76.7. The quantitative estimate of drug-likeness (QED) is 0.0168. The van der Waals surface area contributed by atoms with Crippen molar-refractivity contribution < 1.29 is 69.4 Å². The van der Waals surface area contributed by atoms with Gasteiger partial charge in [0.25, 0.3) is 53.2 Å². The fraction of sp³-hybridized carbons (Fsp3) is 0.257. The molecule has 0 bridgehead atoms. The Morgan fingerprint density at radius 1 is 0.442 bits per heavy atom. The molecule has 5 atom stereocenters. The largest absolute Gasteiger partial charge is 0.383 e. The van der Waals surface area contributed by atoms with Gasteiger partial charge in [-0.2, -0.15) is 20.4 Å². The monoisotopic (exact) mass is 1880 g/mol. The van der Waals surface area contributed by atoms with Crippen LogP contribution in [-0.4, -0.2) is 128 Å². The van der Waals surface area contributed by atoms with Crippen molar-refractivity contribution in [2.75, 3.05) is 49.2 Å². The second kappa shape index (κ2) is 43.5. The van der Waals surface area contributed by atoms with Crippen molar-refractivity contribution in [1.82, 2.24) is 70.3 Å². The third-order valence-electron chi connectivity index (χ3n) is 24.5. The van der Waals surface area contributed by atoms with E-state index in [-0.39, 0.29) is 130 Å². The first kappa shape index (κ1) is 99.4. The van der Waals surface area contributed by atoms with E-state index in [1.165, 1.54) is 66.7 Å². The van der Waals surface area contributed by atoms with Crippen molar-refractivity contribution in [3.05, 3.63) is 324 Å². The van der Waals surface area contributed by atoms with Gasteiger partial charge in [-0.25, -0.2) is 45.1 Å². The van der Waals surface area contributed by atoms with Gasteiger partial charge in [0.15, 0.2) is 0 Å². The summed E-state index contributed by atoms with van der Waals surface area (Å²) in [5, 5.41) is 29.2. The number of primary amides is 4. The molecule has 8 amide bonds. The van der Waals surface area contributed by atoms with Crippen LogP contribution in [0.2, 0.25) is 0 Å². The van der Waals surface area contributed by atoms with Gasteiger partial charge < -0.3 is 71.9 Å². The summed E-state index contributed by atoms with van der Waals surface area (Å²) in [4.78, 5) is 105. The number of nitrogen functional groups attached to an aromatic ring is 4. The molecule has 3 aliphatic rings. The second-order valence-electron chi connectivity index (χ2n) is 33.9. The van der Waals surface area contributed by atoms with Crippen molar-refractivity contribution in [3.8, 4) is 45.0 Å². The molecule has 37 heteroatoms. The van der Waals surface area contributed by atoms with Crippen LogP contribution in [-0.2, 0) is 30.9 Å². The number of rotatable bonds is 27. The summed E-state index contributed by atoms with van der Waals surface area (Å²) in [5.74, 6) is -8.62. The Kier molecular flexibility index (Phi) is 31.4. The third-order valence-corrected chi connectivity index (χ3v) is 24.5. The van der Waals surface area contributed by atoms with Crippen LogP contribution in [0.3, 0.4) is 0 Å². The molecule has 2 fully saturated rings. The normalized spacial score (nSPS) is 14.9. The van der Waals surface area contributed by atoms with Gasteiger partial charge in [-0.1, -0.05) is 140 Å². The Morgan fingerprint density at radius 3 is 1.12 bits per heavy atom. The zero-order valence-electron chi connectivity index (χ0n) is 76.7. The van der Waals surface area contributed by atoms with Gasteiger partial charge in [0.2, 0.25) is 0 Å². The molecule has 2 aliphatic heterocycles. The fourth-order valence-electron chi connectivity index (χ4n) is 16.5. The molecule has 16 rings (SSSR count). The summed E-state index contributed by atoms with van der Waals surface area (Å²) in [6, 6.07) is 46.6. The number of nitrogens with two attached hydrogens (primary N) is 8. The average Bonchev–Trinajstić information content (AvgIpc) is 1.61. The molecule has 5 aromatic heterocycles. The van der Waals surface area contributed by atoms with Gasteiger partial charge in [0, 0.05) is 115 Å². The highest BCUT2D eigenvalue weighted by atomic mass is 19.3. The number of allylic oxidation sites excluding steroid dienone is 2. The van der Waals surface area contributed by atoms with Crippen molar-refractivity contribution >= 4 is 70.5 Å². The van der Waals surface area contributed by atoms with E-state index in [1.807, 2.05) is 81.4 Å². The molecule has 2 saturated heterocycles. The van der Waals surface area contributed by atoms with Crippen LogP contribution in [0.5, 0.6) is 0 Å². The molecule has 1 aliphatic carbocycles. The van der Waals surface area contributed by atoms with E-state index in [0.717, 1.165) is 72.3 Å². The predicted octanol–water partition coefficient (Wildman–Crippen LogP) is 14.2. The summed E-state index contributed by atoms with van der Waals surface area (Å²) < 4.78 is 93.9. The van der Waals surface area contributed by atoms with Crippen molar-refractivity contribution in [3.63, 3.8) is 0 Å². The minimum atomic E-state index is -3.09. The van der Waals surface area contributed by atoms with E-state index in [1.54, 1.807) is 121 Å². The van der Waals surface area contributed by atoms with Crippen LogP contribution in [0.25, 0.3) is 45.0 Å². The molecule has 0 radical (unpaired) electrons. The van der Waals surface area contributed by atoms with Gasteiger partial charge in [-0.3, -0.25) is 48.2 Å². The first-order chi connectivity index (χ1) is 65.9. The number of nitrogens with one attached hydrogen (secondary N) is 4. The van der Waals surface area contributed by atoms with E-state index in [4.69, 9.17) is 50.6 Å². The molecular formula is C101H106F6N22O9. The summed E-state index contributed by atoms with van der Waals surface area (Å²) in [6.07, 6.45) is 9.70. The number of halogens is 6. The Morgan fingerprint density at radius 2 is 0.783 bits per heavy atom. The molecule has 8 aromatic carbocycles. The number of amides is 8. The van der Waals surface area contributed by atoms with Crippen molar-refractivity contribution in [2.45, 2.75) is 137 Å². The summed E-state index contributed by atoms with van der Waals surface area (Å²) in [6.45, 7) is 17.1. The average molecular weight is 1890 g/mol. The molecule has 0 saturated carbocycles. The number of carbonyl (C=O) groups excluding carboxylic acids is 8. The van der Waals surface area contributed by atoms with Gasteiger partial charge in [-0.05, 0) is 179 Å². The first-order valence-electron chi connectivity index (χ1n) is 44.4. The Hall–Kier alpha value is -16.1. The molecule has 20 N–H and O–H groups in total. The summed E-state index contributed by atoms with van der Waals surface area (Å²) >= 11 is 0. The number of aromatic nitrogens is 9. The van der Waals surface area contributed by atoms with Gasteiger partial charge >= 0.3 is 0 Å². The van der Waals surface area contributed by atoms with Crippen LogP contribution < -0.4 is 67.1 Å². The molecule has 31 nitrogen and oxygen atoms in total.